The predicted octanol–water partition coefficient (Wildman–Crippen LogP) is 4.09. The van der Waals surface area contributed by atoms with E-state index in [1.165, 1.54) is 11.8 Å². The molecule has 7 nitrogen and oxygen atoms in total. The van der Waals surface area contributed by atoms with Crippen LogP contribution in [0.15, 0.2) is 58.4 Å². The van der Waals surface area contributed by atoms with Gasteiger partial charge in [0.05, 0.1) is 24.7 Å². The van der Waals surface area contributed by atoms with E-state index >= 15 is 0 Å². The third-order valence-corrected chi connectivity index (χ3v) is 6.73. The number of rotatable bonds is 8. The van der Waals surface area contributed by atoms with Gasteiger partial charge in [-0.05, 0) is 54.6 Å². The number of hydrogen-bond donors (Lipinski definition) is 0. The van der Waals surface area contributed by atoms with Gasteiger partial charge in [0.25, 0.3) is 5.91 Å². The summed E-state index contributed by atoms with van der Waals surface area (Å²) >= 11 is 1.42. The minimum absolute atomic E-state index is 0.0115. The molecule has 0 radical (unpaired) electrons. The van der Waals surface area contributed by atoms with Gasteiger partial charge >= 0.3 is 0 Å². The second-order valence-corrected chi connectivity index (χ2v) is 9.31. The Bertz CT molecular complexity index is 1050. The molecule has 2 aliphatic rings. The van der Waals surface area contributed by atoms with Gasteiger partial charge in [-0.2, -0.15) is 0 Å². The molecule has 8 heteroatoms. The molecule has 0 bridgehead atoms. The monoisotopic (exact) mass is 480 g/mol. The van der Waals surface area contributed by atoms with Gasteiger partial charge in [0.1, 0.15) is 11.4 Å². The Morgan fingerprint density at radius 3 is 2.53 bits per heavy atom. The number of nitrogens with zero attached hydrogens (tertiary/aromatic N) is 4. The Hall–Kier alpha value is -2.81. The molecule has 1 amide bonds. The zero-order valence-electron chi connectivity index (χ0n) is 20.1. The lowest BCUT2D eigenvalue weighted by atomic mass is 10.2. The number of thioether (sulfide) groups is 1. The molecule has 180 valence electrons. The SMILES string of the molecule is CCOc1ccccc1N=C1S/C(=C/c2ccc(N(C)C)cc2)C(=O)N1CCN1CCOCC1. The summed E-state index contributed by atoms with van der Waals surface area (Å²) < 4.78 is 11.2. The number of ether oxygens (including phenoxy) is 2. The van der Waals surface area contributed by atoms with Crippen molar-refractivity contribution < 1.29 is 14.3 Å². The summed E-state index contributed by atoms with van der Waals surface area (Å²) in [5.74, 6) is 0.706. The van der Waals surface area contributed by atoms with Crippen LogP contribution in [0.25, 0.3) is 6.08 Å². The summed E-state index contributed by atoms with van der Waals surface area (Å²) in [6, 6.07) is 15.9. The maximum atomic E-state index is 13.4. The molecule has 2 aromatic rings. The van der Waals surface area contributed by atoms with E-state index in [0.717, 1.165) is 55.5 Å². The number of anilines is 1. The van der Waals surface area contributed by atoms with Crippen molar-refractivity contribution in [2.24, 2.45) is 4.99 Å². The first-order valence-corrected chi connectivity index (χ1v) is 12.5. The van der Waals surface area contributed by atoms with Crippen LogP contribution in [0.5, 0.6) is 5.75 Å². The van der Waals surface area contributed by atoms with Gasteiger partial charge in [-0.1, -0.05) is 24.3 Å². The number of carbonyl (C=O) groups excluding carboxylic acids is 1. The van der Waals surface area contributed by atoms with E-state index < -0.39 is 0 Å². The van der Waals surface area contributed by atoms with E-state index in [-0.39, 0.29) is 5.91 Å². The molecule has 0 aromatic heterocycles. The van der Waals surface area contributed by atoms with E-state index in [2.05, 4.69) is 21.9 Å². The molecule has 0 saturated carbocycles. The van der Waals surface area contributed by atoms with E-state index in [1.807, 2.05) is 63.5 Å². The van der Waals surface area contributed by atoms with E-state index in [9.17, 15) is 4.79 Å². The molecule has 2 aliphatic heterocycles. The summed E-state index contributed by atoms with van der Waals surface area (Å²) in [6.45, 7) is 7.12. The first-order chi connectivity index (χ1) is 16.5. The van der Waals surface area contributed by atoms with Crippen molar-refractivity contribution in [3.05, 3.63) is 59.0 Å². The van der Waals surface area contributed by atoms with Gasteiger partial charge in [0.15, 0.2) is 5.17 Å². The highest BCUT2D eigenvalue weighted by Crippen LogP contribution is 2.36. The van der Waals surface area contributed by atoms with E-state index in [4.69, 9.17) is 14.5 Å². The first kappa shape index (κ1) is 24.3. The van der Waals surface area contributed by atoms with Crippen LogP contribution in [0, 0.1) is 0 Å². The topological polar surface area (TPSA) is 57.6 Å². The number of amides is 1. The fraction of sp³-hybridized carbons (Fsp3) is 0.385. The molecule has 0 atom stereocenters. The molecule has 0 unspecified atom stereocenters. The molecule has 0 spiro atoms. The summed E-state index contributed by atoms with van der Waals surface area (Å²) in [5.41, 5.74) is 2.84. The Kier molecular flexibility index (Phi) is 8.26. The lowest BCUT2D eigenvalue weighted by Gasteiger charge is -2.28. The fourth-order valence-electron chi connectivity index (χ4n) is 3.80. The van der Waals surface area contributed by atoms with Crippen molar-refractivity contribution in [3.63, 3.8) is 0 Å². The number of benzene rings is 2. The van der Waals surface area contributed by atoms with Gasteiger partial charge in [0.2, 0.25) is 0 Å². The van der Waals surface area contributed by atoms with Crippen LogP contribution in [-0.4, -0.2) is 81.0 Å². The molecule has 0 N–H and O–H groups in total. The number of aliphatic imine (C=N–C) groups is 1. The van der Waals surface area contributed by atoms with Crippen LogP contribution < -0.4 is 9.64 Å². The van der Waals surface area contributed by atoms with Crippen LogP contribution in [0.1, 0.15) is 12.5 Å². The standard InChI is InChI=1S/C26H32N4O3S/c1-4-33-23-8-6-5-7-22(23)27-26-30(14-13-29-15-17-32-18-16-29)25(31)24(34-26)19-20-9-11-21(12-10-20)28(2)3/h5-12,19H,4,13-18H2,1-3H3/b24-19+,27-26?. The second-order valence-electron chi connectivity index (χ2n) is 8.30. The quantitative estimate of drug-likeness (QED) is 0.531. The average Bonchev–Trinajstić information content (AvgIpc) is 3.13. The Morgan fingerprint density at radius 1 is 1.09 bits per heavy atom. The largest absolute Gasteiger partial charge is 0.492 e. The Morgan fingerprint density at radius 2 is 1.82 bits per heavy atom. The van der Waals surface area contributed by atoms with Crippen molar-refractivity contribution in [1.29, 1.82) is 0 Å². The minimum Gasteiger partial charge on any atom is -0.492 e. The summed E-state index contributed by atoms with van der Waals surface area (Å²) in [5, 5.41) is 0.682. The molecule has 2 heterocycles. The molecule has 0 aliphatic carbocycles. The van der Waals surface area contributed by atoms with Crippen LogP contribution in [0.4, 0.5) is 11.4 Å². The Labute approximate surface area is 206 Å². The molecule has 2 aromatic carbocycles. The van der Waals surface area contributed by atoms with Gasteiger partial charge in [-0.25, -0.2) is 4.99 Å². The van der Waals surface area contributed by atoms with Gasteiger partial charge in [-0.15, -0.1) is 0 Å². The maximum Gasteiger partial charge on any atom is 0.266 e. The number of carbonyl (C=O) groups is 1. The van der Waals surface area contributed by atoms with Crippen molar-refractivity contribution in [2.75, 3.05) is 65.0 Å². The molecular weight excluding hydrogens is 448 g/mol. The van der Waals surface area contributed by atoms with Crippen LogP contribution in [0.3, 0.4) is 0 Å². The third-order valence-electron chi connectivity index (χ3n) is 5.72. The molecular formula is C26H32N4O3S. The minimum atomic E-state index is -0.0115. The third kappa shape index (κ3) is 6.00. The number of morpholine rings is 1. The lowest BCUT2D eigenvalue weighted by molar-refractivity contribution is -0.122. The Balaban J connectivity index is 1.61. The van der Waals surface area contributed by atoms with Crippen molar-refractivity contribution >= 4 is 40.3 Å². The highest BCUT2D eigenvalue weighted by atomic mass is 32.2. The van der Waals surface area contributed by atoms with Gasteiger partial charge in [-0.3, -0.25) is 14.6 Å². The van der Waals surface area contributed by atoms with E-state index in [1.54, 1.807) is 4.90 Å². The number of para-hydroxylation sites is 2. The number of amidine groups is 1. The van der Waals surface area contributed by atoms with Crippen molar-refractivity contribution in [1.82, 2.24) is 9.80 Å². The lowest BCUT2D eigenvalue weighted by Crippen LogP contribution is -2.42. The highest BCUT2D eigenvalue weighted by molar-refractivity contribution is 8.18. The summed E-state index contributed by atoms with van der Waals surface area (Å²) in [6.07, 6.45) is 1.95. The highest BCUT2D eigenvalue weighted by Gasteiger charge is 2.34. The average molecular weight is 481 g/mol. The fourth-order valence-corrected chi connectivity index (χ4v) is 4.82. The van der Waals surface area contributed by atoms with Crippen molar-refractivity contribution in [3.8, 4) is 5.75 Å². The van der Waals surface area contributed by atoms with Gasteiger partial charge in [0, 0.05) is 46.0 Å². The van der Waals surface area contributed by atoms with Crippen LogP contribution >= 0.6 is 11.8 Å². The molecule has 4 rings (SSSR count). The zero-order valence-corrected chi connectivity index (χ0v) is 20.9. The van der Waals surface area contributed by atoms with Crippen LogP contribution in [-0.2, 0) is 9.53 Å². The molecule has 2 fully saturated rings. The summed E-state index contributed by atoms with van der Waals surface area (Å²) in [4.78, 5) is 25.2. The maximum absolute atomic E-state index is 13.4. The van der Waals surface area contributed by atoms with Crippen molar-refractivity contribution in [2.45, 2.75) is 6.92 Å². The molecule has 34 heavy (non-hydrogen) atoms. The predicted molar refractivity (Wildman–Crippen MR) is 140 cm³/mol. The van der Waals surface area contributed by atoms with Gasteiger partial charge < -0.3 is 14.4 Å². The summed E-state index contributed by atoms with van der Waals surface area (Å²) in [7, 11) is 4.03. The zero-order chi connectivity index (χ0) is 23.9. The second kappa shape index (κ2) is 11.6. The van der Waals surface area contributed by atoms with E-state index in [0.29, 0.717) is 23.2 Å². The normalized spacial score (nSPS) is 19.3. The first-order valence-electron chi connectivity index (χ1n) is 11.6. The van der Waals surface area contributed by atoms with Crippen LogP contribution in [0.2, 0.25) is 0 Å². The number of hydrogen-bond acceptors (Lipinski definition) is 7. The molecule has 2 saturated heterocycles. The smallest absolute Gasteiger partial charge is 0.266 e.